The fourth-order valence-corrected chi connectivity index (χ4v) is 4.15. The second-order valence-corrected chi connectivity index (χ2v) is 9.17. The van der Waals surface area contributed by atoms with Crippen molar-refractivity contribution in [2.45, 2.75) is 36.7 Å². The predicted octanol–water partition coefficient (Wildman–Crippen LogP) is 1.36. The van der Waals surface area contributed by atoms with Gasteiger partial charge in [0, 0.05) is 25.3 Å². The van der Waals surface area contributed by atoms with E-state index >= 15 is 0 Å². The molecule has 1 aliphatic heterocycles. The highest BCUT2D eigenvalue weighted by atomic mass is 32.2. The molecule has 1 aliphatic rings. The third kappa shape index (κ3) is 5.67. The van der Waals surface area contributed by atoms with Crippen molar-refractivity contribution in [3.63, 3.8) is 0 Å². The monoisotopic (exact) mass is 387 g/mol. The minimum absolute atomic E-state index is 0.0574. The Bertz CT molecular complexity index is 671. The molecule has 0 aliphatic carbocycles. The van der Waals surface area contributed by atoms with E-state index in [4.69, 9.17) is 4.74 Å². The van der Waals surface area contributed by atoms with Gasteiger partial charge in [-0.25, -0.2) is 13.4 Å². The highest BCUT2D eigenvalue weighted by molar-refractivity contribution is 7.99. The number of pyridine rings is 1. The normalized spacial score (nSPS) is 17.4. The van der Waals surface area contributed by atoms with Crippen molar-refractivity contribution in [3.8, 4) is 0 Å². The number of nitrogens with one attached hydrogen (secondary N) is 1. The summed E-state index contributed by atoms with van der Waals surface area (Å²) in [4.78, 5) is 16.2. The molecule has 1 saturated heterocycles. The molecule has 0 radical (unpaired) electrons. The van der Waals surface area contributed by atoms with Crippen molar-refractivity contribution in [3.05, 3.63) is 18.3 Å². The fraction of sp³-hybridized carbons (Fsp3) is 0.625. The molecule has 1 N–H and O–H groups in total. The number of sulfonamides is 1. The maximum absolute atomic E-state index is 12.5. The number of amides is 1. The molecular weight excluding hydrogens is 362 g/mol. The lowest BCUT2D eigenvalue weighted by Crippen LogP contribution is -2.40. The Morgan fingerprint density at radius 2 is 2.00 bits per heavy atom. The molecule has 0 unspecified atom stereocenters. The molecule has 1 fully saturated rings. The molecule has 0 bridgehead atoms. The predicted molar refractivity (Wildman–Crippen MR) is 97.0 cm³/mol. The summed E-state index contributed by atoms with van der Waals surface area (Å²) in [5.41, 5.74) is 0. The zero-order valence-electron chi connectivity index (χ0n) is 14.8. The van der Waals surface area contributed by atoms with E-state index in [1.54, 1.807) is 6.07 Å². The van der Waals surface area contributed by atoms with E-state index in [1.165, 1.54) is 28.3 Å². The largest absolute Gasteiger partial charge is 0.379 e. The summed E-state index contributed by atoms with van der Waals surface area (Å²) in [6, 6.07) is 3.29. The van der Waals surface area contributed by atoms with Gasteiger partial charge in [-0.3, -0.25) is 4.79 Å². The SMILES string of the molecule is CC(C)[C@@H](C)NC(=O)CSc1ccc(S(=O)(=O)N2CCOCC2)cn1. The summed E-state index contributed by atoms with van der Waals surface area (Å²) >= 11 is 1.29. The number of thioether (sulfide) groups is 1. The molecule has 2 heterocycles. The van der Waals surface area contributed by atoms with Gasteiger partial charge < -0.3 is 10.1 Å². The van der Waals surface area contributed by atoms with Gasteiger partial charge in [-0.2, -0.15) is 4.31 Å². The van der Waals surface area contributed by atoms with Crippen LogP contribution in [0.4, 0.5) is 0 Å². The molecule has 1 aromatic heterocycles. The summed E-state index contributed by atoms with van der Waals surface area (Å²) in [6.07, 6.45) is 1.35. The van der Waals surface area contributed by atoms with Crippen LogP contribution in [0.3, 0.4) is 0 Å². The Morgan fingerprint density at radius 3 is 2.56 bits per heavy atom. The number of hydrogen-bond acceptors (Lipinski definition) is 6. The Kier molecular flexibility index (Phi) is 7.24. The first-order valence-electron chi connectivity index (χ1n) is 8.27. The van der Waals surface area contributed by atoms with Crippen LogP contribution in [0.2, 0.25) is 0 Å². The lowest BCUT2D eigenvalue weighted by molar-refractivity contribution is -0.119. The van der Waals surface area contributed by atoms with Gasteiger partial charge >= 0.3 is 0 Å². The van der Waals surface area contributed by atoms with Crippen molar-refractivity contribution in [1.29, 1.82) is 0 Å². The Hall–Kier alpha value is -1.16. The number of rotatable bonds is 7. The fourth-order valence-electron chi connectivity index (χ4n) is 2.14. The van der Waals surface area contributed by atoms with Gasteiger partial charge in [0.25, 0.3) is 0 Å². The van der Waals surface area contributed by atoms with Gasteiger partial charge in [0.05, 0.1) is 24.0 Å². The molecule has 1 aromatic rings. The van der Waals surface area contributed by atoms with Gasteiger partial charge in [-0.05, 0) is 25.0 Å². The lowest BCUT2D eigenvalue weighted by atomic mass is 10.1. The molecule has 0 spiro atoms. The molecule has 25 heavy (non-hydrogen) atoms. The first kappa shape index (κ1) is 20.2. The average Bonchev–Trinajstić information content (AvgIpc) is 2.61. The van der Waals surface area contributed by atoms with Gasteiger partial charge in [0.15, 0.2) is 0 Å². The van der Waals surface area contributed by atoms with E-state index in [-0.39, 0.29) is 22.6 Å². The standard InChI is InChI=1S/C16H25N3O4S2/c1-12(2)13(3)18-15(20)11-24-16-5-4-14(10-17-16)25(21,22)19-6-8-23-9-7-19/h4-5,10,12-13H,6-9,11H2,1-3H3,(H,18,20)/t13-/m1/s1. The molecule has 9 heteroatoms. The zero-order valence-corrected chi connectivity index (χ0v) is 16.4. The number of hydrogen-bond donors (Lipinski definition) is 1. The molecule has 0 aromatic carbocycles. The van der Waals surface area contributed by atoms with Crippen LogP contribution in [0.15, 0.2) is 28.3 Å². The Balaban J connectivity index is 1.92. The lowest BCUT2D eigenvalue weighted by Gasteiger charge is -2.25. The van der Waals surface area contributed by atoms with E-state index in [9.17, 15) is 13.2 Å². The van der Waals surface area contributed by atoms with Crippen LogP contribution in [-0.2, 0) is 19.6 Å². The van der Waals surface area contributed by atoms with Gasteiger partial charge in [0.2, 0.25) is 15.9 Å². The van der Waals surface area contributed by atoms with Crippen molar-refractivity contribution >= 4 is 27.7 Å². The first-order chi connectivity index (χ1) is 11.8. The van der Waals surface area contributed by atoms with E-state index < -0.39 is 10.0 Å². The second kappa shape index (κ2) is 8.98. The zero-order chi connectivity index (χ0) is 18.4. The molecular formula is C16H25N3O4S2. The van der Waals surface area contributed by atoms with Gasteiger partial charge in [0.1, 0.15) is 4.90 Å². The van der Waals surface area contributed by atoms with Crippen LogP contribution in [0.25, 0.3) is 0 Å². The highest BCUT2D eigenvalue weighted by Gasteiger charge is 2.26. The molecule has 7 nitrogen and oxygen atoms in total. The quantitative estimate of drug-likeness (QED) is 0.711. The summed E-state index contributed by atoms with van der Waals surface area (Å²) in [5, 5.41) is 3.55. The topological polar surface area (TPSA) is 88.6 Å². The summed E-state index contributed by atoms with van der Waals surface area (Å²) in [7, 11) is -3.53. The maximum atomic E-state index is 12.5. The van der Waals surface area contributed by atoms with Crippen molar-refractivity contribution in [2.24, 2.45) is 5.92 Å². The van der Waals surface area contributed by atoms with Crippen LogP contribution in [-0.4, -0.2) is 61.7 Å². The summed E-state index contributed by atoms with van der Waals surface area (Å²) < 4.78 is 31.6. The number of nitrogens with zero attached hydrogens (tertiary/aromatic N) is 2. The van der Waals surface area contributed by atoms with Gasteiger partial charge in [-0.1, -0.05) is 25.6 Å². The van der Waals surface area contributed by atoms with E-state index in [0.717, 1.165) is 0 Å². The van der Waals surface area contributed by atoms with Crippen LogP contribution < -0.4 is 5.32 Å². The summed E-state index contributed by atoms with van der Waals surface area (Å²) in [6.45, 7) is 7.59. The maximum Gasteiger partial charge on any atom is 0.244 e. The second-order valence-electron chi connectivity index (χ2n) is 6.24. The molecule has 1 amide bonds. The minimum atomic E-state index is -3.53. The smallest absolute Gasteiger partial charge is 0.244 e. The Labute approximate surface area is 153 Å². The molecule has 0 saturated carbocycles. The third-order valence-electron chi connectivity index (χ3n) is 4.06. The van der Waals surface area contributed by atoms with Gasteiger partial charge in [-0.15, -0.1) is 0 Å². The third-order valence-corrected chi connectivity index (χ3v) is 6.88. The molecule has 2 rings (SSSR count). The number of carbonyl (C=O) groups is 1. The number of ether oxygens (including phenoxy) is 1. The first-order valence-corrected chi connectivity index (χ1v) is 10.7. The van der Waals surface area contributed by atoms with Crippen molar-refractivity contribution in [1.82, 2.24) is 14.6 Å². The van der Waals surface area contributed by atoms with Crippen molar-refractivity contribution < 1.29 is 17.9 Å². The van der Waals surface area contributed by atoms with Crippen LogP contribution >= 0.6 is 11.8 Å². The minimum Gasteiger partial charge on any atom is -0.379 e. The van der Waals surface area contributed by atoms with Crippen LogP contribution in [0, 0.1) is 5.92 Å². The Morgan fingerprint density at radius 1 is 1.32 bits per heavy atom. The van der Waals surface area contributed by atoms with Crippen molar-refractivity contribution in [2.75, 3.05) is 32.1 Å². The van der Waals surface area contributed by atoms with Crippen LogP contribution in [0.5, 0.6) is 0 Å². The summed E-state index contributed by atoms with van der Waals surface area (Å²) in [5.74, 6) is 0.564. The number of morpholine rings is 1. The number of carbonyl (C=O) groups excluding carboxylic acids is 1. The molecule has 1 atom stereocenters. The number of aromatic nitrogens is 1. The van der Waals surface area contributed by atoms with E-state index in [0.29, 0.717) is 37.2 Å². The highest BCUT2D eigenvalue weighted by Crippen LogP contribution is 2.20. The molecule has 140 valence electrons. The van der Waals surface area contributed by atoms with E-state index in [2.05, 4.69) is 10.3 Å². The van der Waals surface area contributed by atoms with Crippen LogP contribution in [0.1, 0.15) is 20.8 Å². The van der Waals surface area contributed by atoms with E-state index in [1.807, 2.05) is 20.8 Å². The average molecular weight is 388 g/mol.